The number of aliphatic hydroxyl groups excluding tert-OH is 1. The topological polar surface area (TPSA) is 79.3 Å². The lowest BCUT2D eigenvalue weighted by atomic mass is 10.2. The lowest BCUT2D eigenvalue weighted by Crippen LogP contribution is -2.15. The van der Waals surface area contributed by atoms with Crippen LogP contribution in [0.25, 0.3) is 0 Å². The zero-order chi connectivity index (χ0) is 15.1. The highest BCUT2D eigenvalue weighted by Gasteiger charge is 2.12. The van der Waals surface area contributed by atoms with Gasteiger partial charge >= 0.3 is 0 Å². The van der Waals surface area contributed by atoms with Crippen molar-refractivity contribution in [2.75, 3.05) is 11.3 Å². The highest BCUT2D eigenvalue weighted by Crippen LogP contribution is 2.11. The molecule has 0 fully saturated rings. The summed E-state index contributed by atoms with van der Waals surface area (Å²) in [5.74, 6) is 5.27. The number of aromatic nitrogens is 1. The van der Waals surface area contributed by atoms with E-state index in [1.807, 2.05) is 6.07 Å². The smallest absolute Gasteiger partial charge is 0.238 e. The molecule has 1 aromatic carbocycles. The fraction of sp³-hybridized carbons (Fsp3) is 0.133. The molecule has 0 amide bonds. The summed E-state index contributed by atoms with van der Waals surface area (Å²) in [6.07, 6.45) is 1.46. The minimum absolute atomic E-state index is 0.123. The van der Waals surface area contributed by atoms with E-state index in [2.05, 4.69) is 21.5 Å². The van der Waals surface area contributed by atoms with Crippen LogP contribution in [0.2, 0.25) is 0 Å². The second-order valence-corrected chi connectivity index (χ2v) is 5.96. The number of rotatable bonds is 4. The Bertz CT molecular complexity index is 762. The van der Waals surface area contributed by atoms with Gasteiger partial charge in [0.05, 0.1) is 5.75 Å². The Morgan fingerprint density at radius 2 is 1.95 bits per heavy atom. The molecule has 6 heteroatoms. The van der Waals surface area contributed by atoms with Crippen molar-refractivity contribution in [1.82, 2.24) is 4.98 Å². The van der Waals surface area contributed by atoms with Gasteiger partial charge in [0.25, 0.3) is 0 Å². The number of nitrogens with zero attached hydrogens (tertiary/aromatic N) is 1. The predicted octanol–water partition coefficient (Wildman–Crippen LogP) is 1.37. The Labute approximate surface area is 123 Å². The van der Waals surface area contributed by atoms with Crippen molar-refractivity contribution in [3.8, 4) is 11.8 Å². The highest BCUT2D eigenvalue weighted by atomic mass is 32.2. The van der Waals surface area contributed by atoms with E-state index >= 15 is 0 Å². The molecular formula is C15H14N2O3S. The Morgan fingerprint density at radius 3 is 2.67 bits per heavy atom. The molecule has 0 atom stereocenters. The van der Waals surface area contributed by atoms with Crippen molar-refractivity contribution in [2.45, 2.75) is 5.75 Å². The van der Waals surface area contributed by atoms with Gasteiger partial charge in [0, 0.05) is 11.8 Å². The lowest BCUT2D eigenvalue weighted by Gasteiger charge is -2.07. The molecule has 0 bridgehead atoms. The maximum Gasteiger partial charge on any atom is 0.238 e. The largest absolute Gasteiger partial charge is 0.384 e. The van der Waals surface area contributed by atoms with Crippen molar-refractivity contribution in [3.05, 3.63) is 59.8 Å². The summed E-state index contributed by atoms with van der Waals surface area (Å²) < 4.78 is 26.5. The van der Waals surface area contributed by atoms with Gasteiger partial charge in [0.1, 0.15) is 12.4 Å². The molecule has 21 heavy (non-hydrogen) atoms. The lowest BCUT2D eigenvalue weighted by molar-refractivity contribution is 0.350. The van der Waals surface area contributed by atoms with Crippen LogP contribution in [0.1, 0.15) is 11.1 Å². The molecule has 108 valence electrons. The van der Waals surface area contributed by atoms with Crippen LogP contribution < -0.4 is 4.72 Å². The molecule has 0 spiro atoms. The van der Waals surface area contributed by atoms with Crippen LogP contribution in [0.15, 0.2) is 48.7 Å². The zero-order valence-electron chi connectivity index (χ0n) is 11.2. The van der Waals surface area contributed by atoms with E-state index in [4.69, 9.17) is 5.11 Å². The monoisotopic (exact) mass is 302 g/mol. The molecule has 2 aromatic rings. The zero-order valence-corrected chi connectivity index (χ0v) is 12.0. The number of aliphatic hydroxyl groups is 1. The summed E-state index contributed by atoms with van der Waals surface area (Å²) in [6, 6.07) is 12.0. The number of hydrogen-bond donors (Lipinski definition) is 2. The van der Waals surface area contributed by atoms with Crippen LogP contribution in [0.4, 0.5) is 5.82 Å². The fourth-order valence-corrected chi connectivity index (χ4v) is 2.83. The van der Waals surface area contributed by atoms with Gasteiger partial charge in [-0.3, -0.25) is 4.72 Å². The van der Waals surface area contributed by atoms with Crippen LogP contribution in [-0.4, -0.2) is 25.1 Å². The van der Waals surface area contributed by atoms with Gasteiger partial charge in [0.15, 0.2) is 0 Å². The van der Waals surface area contributed by atoms with Crippen molar-refractivity contribution >= 4 is 15.8 Å². The van der Waals surface area contributed by atoms with Crippen LogP contribution in [0.5, 0.6) is 0 Å². The van der Waals surface area contributed by atoms with Crippen LogP contribution in [-0.2, 0) is 15.8 Å². The molecule has 0 aliphatic carbocycles. The van der Waals surface area contributed by atoms with E-state index in [9.17, 15) is 8.42 Å². The SMILES string of the molecule is O=S(=O)(Cc1ccccc1)Nc1cc(C#CCO)ccn1. The third-order valence-corrected chi connectivity index (χ3v) is 3.76. The number of sulfonamides is 1. The Hall–Kier alpha value is -2.36. The molecule has 0 aliphatic heterocycles. The summed E-state index contributed by atoms with van der Waals surface area (Å²) in [5, 5.41) is 8.65. The second kappa shape index (κ2) is 6.88. The summed E-state index contributed by atoms with van der Waals surface area (Å²) >= 11 is 0. The maximum absolute atomic E-state index is 12.1. The maximum atomic E-state index is 12.1. The normalized spacial score (nSPS) is 10.5. The number of benzene rings is 1. The van der Waals surface area contributed by atoms with Gasteiger partial charge in [-0.05, 0) is 17.7 Å². The minimum Gasteiger partial charge on any atom is -0.384 e. The molecule has 5 nitrogen and oxygen atoms in total. The Morgan fingerprint density at radius 1 is 1.19 bits per heavy atom. The van der Waals surface area contributed by atoms with Gasteiger partial charge in [0.2, 0.25) is 10.0 Å². The molecule has 1 heterocycles. The molecule has 0 aliphatic rings. The van der Waals surface area contributed by atoms with E-state index in [1.165, 1.54) is 12.3 Å². The van der Waals surface area contributed by atoms with Gasteiger partial charge in [-0.2, -0.15) is 0 Å². The average molecular weight is 302 g/mol. The quantitative estimate of drug-likeness (QED) is 0.836. The molecule has 2 N–H and O–H groups in total. The van der Waals surface area contributed by atoms with Crippen molar-refractivity contribution in [3.63, 3.8) is 0 Å². The number of nitrogens with one attached hydrogen (secondary N) is 1. The Balaban J connectivity index is 2.13. The van der Waals surface area contributed by atoms with Gasteiger partial charge in [-0.25, -0.2) is 13.4 Å². The first kappa shape index (κ1) is 15.0. The fourth-order valence-electron chi connectivity index (χ4n) is 1.69. The van der Waals surface area contributed by atoms with E-state index in [0.717, 1.165) is 0 Å². The molecule has 0 unspecified atom stereocenters. The molecule has 2 rings (SSSR count). The van der Waals surface area contributed by atoms with E-state index < -0.39 is 10.0 Å². The van der Waals surface area contributed by atoms with Crippen molar-refractivity contribution in [2.24, 2.45) is 0 Å². The molecule has 1 aromatic heterocycles. The molecule has 0 saturated heterocycles. The third-order valence-electron chi connectivity index (χ3n) is 2.53. The predicted molar refractivity (Wildman–Crippen MR) is 80.9 cm³/mol. The molecule has 0 saturated carbocycles. The Kier molecular flexibility index (Phi) is 4.93. The summed E-state index contributed by atoms with van der Waals surface area (Å²) in [4.78, 5) is 3.95. The first-order valence-corrected chi connectivity index (χ1v) is 7.84. The number of anilines is 1. The molecular weight excluding hydrogens is 288 g/mol. The standard InChI is InChI=1S/C15H14N2O3S/c18-10-4-7-13-8-9-16-15(11-13)17-21(19,20)12-14-5-2-1-3-6-14/h1-3,5-6,8-9,11,18H,10,12H2,(H,16,17). The summed E-state index contributed by atoms with van der Waals surface area (Å²) in [6.45, 7) is -0.253. The van der Waals surface area contributed by atoms with E-state index in [1.54, 1.807) is 30.3 Å². The summed E-state index contributed by atoms with van der Waals surface area (Å²) in [7, 11) is -3.54. The third kappa shape index (κ3) is 4.91. The first-order chi connectivity index (χ1) is 10.1. The van der Waals surface area contributed by atoms with E-state index in [0.29, 0.717) is 11.1 Å². The average Bonchev–Trinajstić information content (AvgIpc) is 2.45. The van der Waals surface area contributed by atoms with Crippen LogP contribution in [0, 0.1) is 11.8 Å². The number of pyridine rings is 1. The van der Waals surface area contributed by atoms with E-state index in [-0.39, 0.29) is 18.2 Å². The summed E-state index contributed by atoms with van der Waals surface area (Å²) in [5.41, 5.74) is 1.28. The van der Waals surface area contributed by atoms with Crippen LogP contribution in [0.3, 0.4) is 0 Å². The van der Waals surface area contributed by atoms with Gasteiger partial charge < -0.3 is 5.11 Å². The molecule has 0 radical (unpaired) electrons. The number of hydrogen-bond acceptors (Lipinski definition) is 4. The first-order valence-electron chi connectivity index (χ1n) is 6.19. The van der Waals surface area contributed by atoms with Crippen molar-refractivity contribution in [1.29, 1.82) is 0 Å². The second-order valence-electron chi connectivity index (χ2n) is 4.24. The highest BCUT2D eigenvalue weighted by molar-refractivity contribution is 7.91. The van der Waals surface area contributed by atoms with Gasteiger partial charge in [-0.1, -0.05) is 42.2 Å². The van der Waals surface area contributed by atoms with Gasteiger partial charge in [-0.15, -0.1) is 0 Å². The van der Waals surface area contributed by atoms with Crippen molar-refractivity contribution < 1.29 is 13.5 Å². The minimum atomic E-state index is -3.54. The van der Waals surface area contributed by atoms with Crippen LogP contribution >= 0.6 is 0 Å².